The van der Waals surface area contributed by atoms with Gasteiger partial charge in [0.1, 0.15) is 0 Å². The molecule has 8 heteroatoms. The molecule has 0 amide bonds. The van der Waals surface area contributed by atoms with Crippen molar-refractivity contribution in [3.8, 4) is 0 Å². The van der Waals surface area contributed by atoms with E-state index in [9.17, 15) is 18.0 Å². The zero-order valence-corrected chi connectivity index (χ0v) is 18.9. The molecule has 4 rings (SSSR count). The lowest BCUT2D eigenvalue weighted by atomic mass is 10.1. The number of methoxy groups -OCH3 is 1. The lowest BCUT2D eigenvalue weighted by Gasteiger charge is -2.28. The van der Waals surface area contributed by atoms with E-state index in [1.54, 1.807) is 6.07 Å². The number of benzene rings is 2. The van der Waals surface area contributed by atoms with Crippen LogP contribution in [0.1, 0.15) is 47.2 Å². The molecule has 0 aliphatic heterocycles. The van der Waals surface area contributed by atoms with Gasteiger partial charge in [-0.2, -0.15) is 4.31 Å². The van der Waals surface area contributed by atoms with E-state index in [-0.39, 0.29) is 28.6 Å². The molecule has 2 aromatic carbocycles. The molecule has 32 heavy (non-hydrogen) atoms. The van der Waals surface area contributed by atoms with Crippen LogP contribution in [0.5, 0.6) is 0 Å². The van der Waals surface area contributed by atoms with Crippen molar-refractivity contribution in [2.45, 2.75) is 50.1 Å². The SMILES string of the molecule is COC(=O)c1cccc(S(=O)(=O)N(Cc2cc3ccc(C)cc3[nH]c2=O)C2CCCC2)c1. The summed E-state index contributed by atoms with van der Waals surface area (Å²) in [7, 11) is -2.70. The smallest absolute Gasteiger partial charge is 0.337 e. The number of rotatable bonds is 6. The minimum atomic E-state index is -3.95. The number of hydrogen-bond donors (Lipinski definition) is 1. The van der Waals surface area contributed by atoms with Crippen molar-refractivity contribution in [2.75, 3.05) is 7.11 Å². The van der Waals surface area contributed by atoms with E-state index in [0.717, 1.165) is 42.1 Å². The zero-order chi connectivity index (χ0) is 22.9. The van der Waals surface area contributed by atoms with Crippen molar-refractivity contribution in [2.24, 2.45) is 0 Å². The molecule has 168 valence electrons. The van der Waals surface area contributed by atoms with Crippen molar-refractivity contribution in [3.63, 3.8) is 0 Å². The summed E-state index contributed by atoms with van der Waals surface area (Å²) in [6, 6.07) is 13.2. The number of hydrogen-bond acceptors (Lipinski definition) is 5. The van der Waals surface area contributed by atoms with Crippen molar-refractivity contribution >= 4 is 26.9 Å². The number of carbonyl (C=O) groups is 1. The van der Waals surface area contributed by atoms with Gasteiger partial charge in [0.05, 0.1) is 17.6 Å². The molecule has 0 saturated heterocycles. The molecule has 1 heterocycles. The van der Waals surface area contributed by atoms with Crippen molar-refractivity contribution in [1.82, 2.24) is 9.29 Å². The molecule has 7 nitrogen and oxygen atoms in total. The van der Waals surface area contributed by atoms with Gasteiger partial charge in [-0.15, -0.1) is 0 Å². The number of H-pyrrole nitrogens is 1. The van der Waals surface area contributed by atoms with Gasteiger partial charge in [-0.1, -0.05) is 31.0 Å². The van der Waals surface area contributed by atoms with E-state index in [2.05, 4.69) is 4.98 Å². The summed E-state index contributed by atoms with van der Waals surface area (Å²) in [4.78, 5) is 27.6. The van der Waals surface area contributed by atoms with Gasteiger partial charge in [0.25, 0.3) is 5.56 Å². The predicted molar refractivity (Wildman–Crippen MR) is 122 cm³/mol. The number of nitrogens with zero attached hydrogens (tertiary/aromatic N) is 1. The summed E-state index contributed by atoms with van der Waals surface area (Å²) in [6.07, 6.45) is 3.35. The maximum atomic E-state index is 13.7. The van der Waals surface area contributed by atoms with Crippen LogP contribution in [0.4, 0.5) is 0 Å². The summed E-state index contributed by atoms with van der Waals surface area (Å²) in [6.45, 7) is 1.91. The molecule has 0 bridgehead atoms. The van der Waals surface area contributed by atoms with E-state index < -0.39 is 16.0 Å². The normalized spacial score (nSPS) is 14.8. The summed E-state index contributed by atoms with van der Waals surface area (Å²) in [5, 5.41) is 0.849. The first kappa shape index (κ1) is 22.2. The maximum Gasteiger partial charge on any atom is 0.337 e. The summed E-state index contributed by atoms with van der Waals surface area (Å²) in [5.74, 6) is -0.601. The third-order valence-electron chi connectivity index (χ3n) is 6.00. The quantitative estimate of drug-likeness (QED) is 0.572. The zero-order valence-electron chi connectivity index (χ0n) is 18.1. The van der Waals surface area contributed by atoms with Gasteiger partial charge in [-0.25, -0.2) is 13.2 Å². The van der Waals surface area contributed by atoms with Crippen LogP contribution in [-0.2, 0) is 21.3 Å². The fourth-order valence-corrected chi connectivity index (χ4v) is 5.99. The monoisotopic (exact) mass is 454 g/mol. The van der Waals surface area contributed by atoms with Crippen molar-refractivity contribution in [3.05, 3.63) is 75.6 Å². The minimum Gasteiger partial charge on any atom is -0.465 e. The molecule has 1 aromatic heterocycles. The first-order valence-corrected chi connectivity index (χ1v) is 12.1. The highest BCUT2D eigenvalue weighted by Crippen LogP contribution is 2.30. The lowest BCUT2D eigenvalue weighted by Crippen LogP contribution is -2.39. The van der Waals surface area contributed by atoms with E-state index in [1.807, 2.05) is 25.1 Å². The highest BCUT2D eigenvalue weighted by atomic mass is 32.2. The second-order valence-corrected chi connectivity index (χ2v) is 10.1. The van der Waals surface area contributed by atoms with Gasteiger partial charge in [0, 0.05) is 23.7 Å². The average Bonchev–Trinajstić information content (AvgIpc) is 3.31. The van der Waals surface area contributed by atoms with Crippen LogP contribution in [0, 0.1) is 6.92 Å². The Labute approximate surface area is 187 Å². The second-order valence-electron chi connectivity index (χ2n) is 8.22. The van der Waals surface area contributed by atoms with E-state index in [1.165, 1.54) is 35.7 Å². The molecule has 0 radical (unpaired) electrons. The van der Waals surface area contributed by atoms with Crippen LogP contribution in [0.15, 0.2) is 58.2 Å². The number of ether oxygens (including phenoxy) is 1. The Hall–Kier alpha value is -2.97. The van der Waals surface area contributed by atoms with Gasteiger partial charge >= 0.3 is 5.97 Å². The number of sulfonamides is 1. The summed E-state index contributed by atoms with van der Waals surface area (Å²) in [5.41, 5.74) is 2.01. The highest BCUT2D eigenvalue weighted by Gasteiger charge is 2.34. The first-order chi connectivity index (χ1) is 15.3. The molecule has 1 aliphatic rings. The summed E-state index contributed by atoms with van der Waals surface area (Å²) < 4.78 is 33.5. The van der Waals surface area contributed by atoms with Crippen LogP contribution in [-0.4, -0.2) is 36.8 Å². The first-order valence-electron chi connectivity index (χ1n) is 10.6. The molecule has 1 fully saturated rings. The topological polar surface area (TPSA) is 96.5 Å². The van der Waals surface area contributed by atoms with Gasteiger partial charge in [-0.05, 0) is 61.0 Å². The van der Waals surface area contributed by atoms with E-state index in [4.69, 9.17) is 4.74 Å². The van der Waals surface area contributed by atoms with Gasteiger partial charge in [0.15, 0.2) is 0 Å². The summed E-state index contributed by atoms with van der Waals surface area (Å²) >= 11 is 0. The van der Waals surface area contributed by atoms with Gasteiger partial charge in [-0.3, -0.25) is 4.79 Å². The number of fused-ring (bicyclic) bond motifs is 1. The Balaban J connectivity index is 1.76. The second kappa shape index (κ2) is 8.88. The fraction of sp³-hybridized carbons (Fsp3) is 0.333. The molecule has 1 saturated carbocycles. The molecule has 0 spiro atoms. The predicted octanol–water partition coefficient (Wildman–Crippen LogP) is 3.76. The molecule has 0 unspecified atom stereocenters. The number of aromatic amines is 1. The Morgan fingerprint density at radius 2 is 1.88 bits per heavy atom. The van der Waals surface area contributed by atoms with Crippen molar-refractivity contribution in [1.29, 1.82) is 0 Å². The molecular weight excluding hydrogens is 428 g/mol. The third-order valence-corrected chi connectivity index (χ3v) is 7.89. The minimum absolute atomic E-state index is 0.0140. The molecule has 1 aliphatic carbocycles. The van der Waals surface area contributed by atoms with Crippen LogP contribution in [0.25, 0.3) is 10.9 Å². The van der Waals surface area contributed by atoms with Crippen LogP contribution < -0.4 is 5.56 Å². The van der Waals surface area contributed by atoms with Gasteiger partial charge < -0.3 is 9.72 Å². The number of nitrogens with one attached hydrogen (secondary N) is 1. The van der Waals surface area contributed by atoms with Crippen molar-refractivity contribution < 1.29 is 17.9 Å². The fourth-order valence-electron chi connectivity index (χ4n) is 4.28. The molecule has 0 atom stereocenters. The average molecular weight is 455 g/mol. The lowest BCUT2D eigenvalue weighted by molar-refractivity contribution is 0.0600. The molecule has 1 N–H and O–H groups in total. The third kappa shape index (κ3) is 4.33. The van der Waals surface area contributed by atoms with E-state index in [0.29, 0.717) is 5.56 Å². The Kier molecular flexibility index (Phi) is 6.17. The van der Waals surface area contributed by atoms with Gasteiger partial charge in [0.2, 0.25) is 10.0 Å². The van der Waals surface area contributed by atoms with Crippen LogP contribution >= 0.6 is 0 Å². The number of carbonyl (C=O) groups excluding carboxylic acids is 1. The standard InChI is InChI=1S/C24H26N2O5S/c1-16-10-11-17-13-19(23(27)25-22(17)12-16)15-26(20-7-3-4-8-20)32(29,30)21-9-5-6-18(14-21)24(28)31-2/h5-6,9-14,20H,3-4,7-8,15H2,1-2H3,(H,25,27). The molecule has 3 aromatic rings. The Morgan fingerprint density at radius 3 is 2.59 bits per heavy atom. The number of aryl methyl sites for hydroxylation is 1. The Morgan fingerprint density at radius 1 is 1.12 bits per heavy atom. The molecular formula is C24H26N2O5S. The largest absolute Gasteiger partial charge is 0.465 e. The number of esters is 1. The van der Waals surface area contributed by atoms with Crippen LogP contribution in [0.3, 0.4) is 0 Å². The van der Waals surface area contributed by atoms with E-state index >= 15 is 0 Å². The van der Waals surface area contributed by atoms with Crippen LogP contribution in [0.2, 0.25) is 0 Å². The number of aromatic nitrogens is 1. The maximum absolute atomic E-state index is 13.7. The Bertz CT molecular complexity index is 1320. The number of pyridine rings is 1. The highest BCUT2D eigenvalue weighted by molar-refractivity contribution is 7.89.